The zero-order valence-corrected chi connectivity index (χ0v) is 14.8. The second-order valence-corrected chi connectivity index (χ2v) is 7.13. The molecule has 0 bridgehead atoms. The second-order valence-electron chi connectivity index (χ2n) is 7.13. The van der Waals surface area contributed by atoms with E-state index in [0.29, 0.717) is 0 Å². The molecule has 3 nitrogen and oxygen atoms in total. The van der Waals surface area contributed by atoms with Crippen LogP contribution in [0.2, 0.25) is 0 Å². The van der Waals surface area contributed by atoms with Crippen LogP contribution in [0.15, 0.2) is 0 Å². The average molecular weight is 293 g/mol. The number of nitrogens with zero attached hydrogens (tertiary/aromatic N) is 2. The molecule has 0 atom stereocenters. The van der Waals surface area contributed by atoms with Crippen LogP contribution in [0.4, 0.5) is 5.82 Å². The summed E-state index contributed by atoms with van der Waals surface area (Å²) in [4.78, 5) is 4.84. The summed E-state index contributed by atoms with van der Waals surface area (Å²) >= 11 is 0. The van der Waals surface area contributed by atoms with E-state index in [1.54, 1.807) is 0 Å². The molecule has 0 aliphatic rings. The highest BCUT2D eigenvalue weighted by atomic mass is 15.1. The van der Waals surface area contributed by atoms with Gasteiger partial charge in [0.2, 0.25) is 0 Å². The molecule has 1 rings (SSSR count). The van der Waals surface area contributed by atoms with Gasteiger partial charge in [-0.2, -0.15) is 0 Å². The van der Waals surface area contributed by atoms with Crippen LogP contribution in [-0.4, -0.2) is 9.55 Å². The summed E-state index contributed by atoms with van der Waals surface area (Å²) < 4.78 is 2.18. The molecule has 2 N–H and O–H groups in total. The fourth-order valence-electron chi connectivity index (χ4n) is 2.84. The number of imidazole rings is 1. The van der Waals surface area contributed by atoms with Crippen LogP contribution < -0.4 is 5.73 Å². The minimum atomic E-state index is 0.0581. The first-order valence-electron chi connectivity index (χ1n) is 8.77. The highest BCUT2D eigenvalue weighted by molar-refractivity contribution is 5.39. The van der Waals surface area contributed by atoms with E-state index in [0.717, 1.165) is 30.3 Å². The molecule has 0 aliphatic carbocycles. The lowest BCUT2D eigenvalue weighted by Gasteiger charge is -2.19. The maximum absolute atomic E-state index is 6.29. The van der Waals surface area contributed by atoms with Crippen LogP contribution in [0.1, 0.15) is 91.1 Å². The van der Waals surface area contributed by atoms with Gasteiger partial charge in [-0.1, -0.05) is 66.2 Å². The molecule has 0 aromatic carbocycles. The third-order valence-electron chi connectivity index (χ3n) is 4.09. The highest BCUT2D eigenvalue weighted by Gasteiger charge is 2.23. The number of unbranched alkanes of at least 4 members (excludes halogenated alkanes) is 6. The normalized spacial score (nSPS) is 12.0. The van der Waals surface area contributed by atoms with E-state index in [9.17, 15) is 0 Å². The number of hydrogen-bond acceptors (Lipinski definition) is 2. The number of nitrogen functional groups attached to an aromatic ring is 1. The lowest BCUT2D eigenvalue weighted by Crippen LogP contribution is -2.19. The van der Waals surface area contributed by atoms with Gasteiger partial charge < -0.3 is 10.3 Å². The van der Waals surface area contributed by atoms with Crippen molar-refractivity contribution in [3.05, 3.63) is 11.5 Å². The standard InChI is InChI=1S/C18H35N3/c1-6-8-9-10-11-12-13-14-15-16(19)21(7-2)17(20-15)18(3,4)5/h6-14,19H2,1-5H3. The number of rotatable bonds is 9. The van der Waals surface area contributed by atoms with E-state index >= 15 is 0 Å². The Labute approximate surface area is 131 Å². The van der Waals surface area contributed by atoms with Gasteiger partial charge in [0.15, 0.2) is 0 Å². The Hall–Kier alpha value is -0.990. The summed E-state index contributed by atoms with van der Waals surface area (Å²) in [5.41, 5.74) is 7.46. The predicted molar refractivity (Wildman–Crippen MR) is 92.7 cm³/mol. The van der Waals surface area contributed by atoms with Crippen molar-refractivity contribution in [2.24, 2.45) is 0 Å². The van der Waals surface area contributed by atoms with E-state index in [-0.39, 0.29) is 5.41 Å². The minimum absolute atomic E-state index is 0.0581. The molecule has 0 fully saturated rings. The van der Waals surface area contributed by atoms with Gasteiger partial charge in [0.05, 0.1) is 5.69 Å². The molecule has 0 aliphatic heterocycles. The smallest absolute Gasteiger partial charge is 0.126 e. The molecule has 122 valence electrons. The Morgan fingerprint density at radius 3 is 2.00 bits per heavy atom. The molecular formula is C18H35N3. The summed E-state index contributed by atoms with van der Waals surface area (Å²) in [6.07, 6.45) is 10.3. The molecule has 0 spiro atoms. The molecule has 0 amide bonds. The van der Waals surface area contributed by atoms with Gasteiger partial charge in [-0.15, -0.1) is 0 Å². The number of aryl methyl sites for hydroxylation is 1. The van der Waals surface area contributed by atoms with Gasteiger partial charge in [-0.3, -0.25) is 0 Å². The maximum Gasteiger partial charge on any atom is 0.126 e. The Morgan fingerprint density at radius 1 is 0.952 bits per heavy atom. The number of hydrogen-bond donors (Lipinski definition) is 1. The van der Waals surface area contributed by atoms with E-state index in [2.05, 4.69) is 39.2 Å². The van der Waals surface area contributed by atoms with E-state index in [1.807, 2.05) is 0 Å². The van der Waals surface area contributed by atoms with E-state index in [4.69, 9.17) is 10.7 Å². The number of aromatic nitrogens is 2. The second kappa shape index (κ2) is 8.45. The molecule has 0 saturated carbocycles. The zero-order chi connectivity index (χ0) is 15.9. The van der Waals surface area contributed by atoms with E-state index < -0.39 is 0 Å². The lowest BCUT2D eigenvalue weighted by molar-refractivity contribution is 0.507. The van der Waals surface area contributed by atoms with Crippen molar-refractivity contribution in [3.8, 4) is 0 Å². The highest BCUT2D eigenvalue weighted by Crippen LogP contribution is 2.27. The van der Waals surface area contributed by atoms with Crippen LogP contribution in [0.5, 0.6) is 0 Å². The van der Waals surface area contributed by atoms with Crippen LogP contribution in [0.25, 0.3) is 0 Å². The van der Waals surface area contributed by atoms with Gasteiger partial charge in [0, 0.05) is 12.0 Å². The van der Waals surface area contributed by atoms with Crippen LogP contribution >= 0.6 is 0 Å². The quantitative estimate of drug-likeness (QED) is 0.645. The minimum Gasteiger partial charge on any atom is -0.384 e. The molecular weight excluding hydrogens is 258 g/mol. The summed E-state index contributed by atoms with van der Waals surface area (Å²) in [5.74, 6) is 2.01. The fourth-order valence-corrected chi connectivity index (χ4v) is 2.84. The first-order valence-corrected chi connectivity index (χ1v) is 8.77. The molecule has 1 aromatic heterocycles. The van der Waals surface area contributed by atoms with Crippen molar-refractivity contribution >= 4 is 5.82 Å². The molecule has 0 radical (unpaired) electrons. The molecule has 3 heteroatoms. The molecule has 1 aromatic rings. The van der Waals surface area contributed by atoms with Gasteiger partial charge in [-0.05, 0) is 19.8 Å². The fraction of sp³-hybridized carbons (Fsp3) is 0.833. The van der Waals surface area contributed by atoms with Gasteiger partial charge in [0.25, 0.3) is 0 Å². The molecule has 1 heterocycles. The third-order valence-corrected chi connectivity index (χ3v) is 4.09. The summed E-state index contributed by atoms with van der Waals surface area (Å²) in [6, 6.07) is 0. The van der Waals surface area contributed by atoms with Crippen molar-refractivity contribution in [2.75, 3.05) is 5.73 Å². The van der Waals surface area contributed by atoms with Crippen LogP contribution in [-0.2, 0) is 18.4 Å². The molecule has 0 saturated heterocycles. The zero-order valence-electron chi connectivity index (χ0n) is 14.8. The predicted octanol–water partition coefficient (Wildman–Crippen LogP) is 5.08. The first-order chi connectivity index (χ1) is 9.91. The summed E-state index contributed by atoms with van der Waals surface area (Å²) in [7, 11) is 0. The van der Waals surface area contributed by atoms with Crippen LogP contribution in [0.3, 0.4) is 0 Å². The van der Waals surface area contributed by atoms with Gasteiger partial charge in [0.1, 0.15) is 11.6 Å². The number of nitrogens with two attached hydrogens (primary N) is 1. The average Bonchev–Trinajstić information content (AvgIpc) is 2.74. The Kier molecular flexibility index (Phi) is 7.27. The number of anilines is 1. The van der Waals surface area contributed by atoms with E-state index in [1.165, 1.54) is 44.9 Å². The summed E-state index contributed by atoms with van der Waals surface area (Å²) in [5, 5.41) is 0. The lowest BCUT2D eigenvalue weighted by atomic mass is 9.95. The molecule has 21 heavy (non-hydrogen) atoms. The van der Waals surface area contributed by atoms with Gasteiger partial charge in [-0.25, -0.2) is 4.98 Å². The monoisotopic (exact) mass is 293 g/mol. The Morgan fingerprint density at radius 2 is 1.52 bits per heavy atom. The largest absolute Gasteiger partial charge is 0.384 e. The van der Waals surface area contributed by atoms with Crippen molar-refractivity contribution in [1.82, 2.24) is 9.55 Å². The third kappa shape index (κ3) is 5.37. The SMILES string of the molecule is CCCCCCCCCc1nc(C(C)(C)C)n(CC)c1N. The first kappa shape index (κ1) is 18.1. The molecule has 0 unspecified atom stereocenters. The van der Waals surface area contributed by atoms with Crippen molar-refractivity contribution in [3.63, 3.8) is 0 Å². The van der Waals surface area contributed by atoms with Gasteiger partial charge >= 0.3 is 0 Å². The van der Waals surface area contributed by atoms with Crippen molar-refractivity contribution in [1.29, 1.82) is 0 Å². The Bertz CT molecular complexity index is 413. The van der Waals surface area contributed by atoms with Crippen molar-refractivity contribution < 1.29 is 0 Å². The Balaban J connectivity index is 2.51. The van der Waals surface area contributed by atoms with Crippen LogP contribution in [0, 0.1) is 0 Å². The van der Waals surface area contributed by atoms with Crippen molar-refractivity contribution in [2.45, 2.75) is 97.9 Å². The maximum atomic E-state index is 6.29. The summed E-state index contributed by atoms with van der Waals surface area (Å²) in [6.45, 7) is 11.9. The topological polar surface area (TPSA) is 43.8 Å².